The van der Waals surface area contributed by atoms with Gasteiger partial charge < -0.3 is 14.6 Å². The van der Waals surface area contributed by atoms with Crippen molar-refractivity contribution in [1.29, 1.82) is 0 Å². The second-order valence-electron chi connectivity index (χ2n) is 6.52. The molecular formula is C16H23N5O5. The summed E-state index contributed by atoms with van der Waals surface area (Å²) < 4.78 is 8.27. The molecule has 1 atom stereocenters. The van der Waals surface area contributed by atoms with Crippen LogP contribution in [0.5, 0.6) is 0 Å². The number of aryl methyl sites for hydroxylation is 1. The topological polar surface area (TPSA) is 117 Å². The van der Waals surface area contributed by atoms with Gasteiger partial charge in [-0.25, -0.2) is 14.6 Å². The predicted molar refractivity (Wildman–Crippen MR) is 93.6 cm³/mol. The van der Waals surface area contributed by atoms with Crippen molar-refractivity contribution in [1.82, 2.24) is 24.0 Å². The van der Waals surface area contributed by atoms with Crippen LogP contribution in [0.25, 0.3) is 11.2 Å². The quantitative estimate of drug-likeness (QED) is 0.666. The smallest absolute Gasteiger partial charge is 0.332 e. The third kappa shape index (κ3) is 3.68. The van der Waals surface area contributed by atoms with Gasteiger partial charge in [0.15, 0.2) is 11.2 Å². The third-order valence-electron chi connectivity index (χ3n) is 4.06. The molecule has 0 saturated heterocycles. The molecule has 0 aliphatic carbocycles. The maximum absolute atomic E-state index is 12.4. The molecule has 2 aromatic rings. The summed E-state index contributed by atoms with van der Waals surface area (Å²) in [7, 11) is 4.12. The molecule has 0 aliphatic rings. The lowest BCUT2D eigenvalue weighted by Gasteiger charge is -2.18. The van der Waals surface area contributed by atoms with E-state index in [0.717, 1.165) is 4.57 Å². The summed E-state index contributed by atoms with van der Waals surface area (Å²) in [6.07, 6.45) is 1.75. The van der Waals surface area contributed by atoms with E-state index in [-0.39, 0.29) is 23.6 Å². The number of methoxy groups -OCH3 is 1. The Labute approximate surface area is 149 Å². The number of carbonyl (C=O) groups excluding carboxylic acids is 2. The minimum Gasteiger partial charge on any atom is -0.467 e. The molecule has 142 valence electrons. The molecule has 2 aromatic heterocycles. The zero-order valence-corrected chi connectivity index (χ0v) is 15.5. The van der Waals surface area contributed by atoms with E-state index in [1.165, 1.54) is 36.7 Å². The molecule has 0 bridgehead atoms. The zero-order chi connectivity index (χ0) is 19.6. The molecular weight excluding hydrogens is 342 g/mol. The van der Waals surface area contributed by atoms with Crippen molar-refractivity contribution in [2.45, 2.75) is 32.9 Å². The summed E-state index contributed by atoms with van der Waals surface area (Å²) in [5.41, 5.74) is -0.708. The minimum absolute atomic E-state index is 0.142. The van der Waals surface area contributed by atoms with Gasteiger partial charge >= 0.3 is 11.7 Å². The lowest BCUT2D eigenvalue weighted by Crippen LogP contribution is -2.44. The lowest BCUT2D eigenvalue weighted by molar-refractivity contribution is -0.145. The van der Waals surface area contributed by atoms with Crippen LogP contribution in [0.2, 0.25) is 0 Å². The van der Waals surface area contributed by atoms with Gasteiger partial charge in [0, 0.05) is 14.1 Å². The Morgan fingerprint density at radius 2 is 1.88 bits per heavy atom. The summed E-state index contributed by atoms with van der Waals surface area (Å²) >= 11 is 0. The molecule has 0 unspecified atom stereocenters. The first-order chi connectivity index (χ1) is 12.2. The van der Waals surface area contributed by atoms with Crippen LogP contribution in [-0.4, -0.2) is 43.7 Å². The fourth-order valence-corrected chi connectivity index (χ4v) is 2.74. The van der Waals surface area contributed by atoms with Crippen molar-refractivity contribution >= 4 is 23.0 Å². The van der Waals surface area contributed by atoms with E-state index >= 15 is 0 Å². The standard InChI is InChI=1S/C16H23N5O5/c1-9(2)6-10(15(24)26-5)18-11(22)7-21-8-17-13-12(21)14(23)20(4)16(25)19(13)3/h8-10H,6-7H2,1-5H3,(H,18,22)/t10-/m1/s1. The molecule has 26 heavy (non-hydrogen) atoms. The van der Waals surface area contributed by atoms with E-state index in [4.69, 9.17) is 4.74 Å². The van der Waals surface area contributed by atoms with E-state index in [0.29, 0.717) is 6.42 Å². The Bertz CT molecular complexity index is 952. The number of ether oxygens (including phenoxy) is 1. The number of imidazole rings is 1. The summed E-state index contributed by atoms with van der Waals surface area (Å²) in [5, 5.41) is 2.62. The molecule has 0 fully saturated rings. The minimum atomic E-state index is -0.769. The molecule has 2 rings (SSSR count). The van der Waals surface area contributed by atoms with Crippen molar-refractivity contribution < 1.29 is 14.3 Å². The Balaban J connectivity index is 2.31. The first-order valence-electron chi connectivity index (χ1n) is 8.15. The highest BCUT2D eigenvalue weighted by Gasteiger charge is 2.23. The van der Waals surface area contributed by atoms with Gasteiger partial charge in [-0.05, 0) is 12.3 Å². The first-order valence-corrected chi connectivity index (χ1v) is 8.15. The van der Waals surface area contributed by atoms with Gasteiger partial charge in [0.2, 0.25) is 5.91 Å². The van der Waals surface area contributed by atoms with Gasteiger partial charge in [0.05, 0.1) is 13.4 Å². The molecule has 0 spiro atoms. The molecule has 1 N–H and O–H groups in total. The second kappa shape index (κ2) is 7.54. The molecule has 0 saturated carbocycles. The van der Waals surface area contributed by atoms with Crippen LogP contribution < -0.4 is 16.6 Å². The average molecular weight is 365 g/mol. The Morgan fingerprint density at radius 1 is 1.23 bits per heavy atom. The van der Waals surface area contributed by atoms with Crippen LogP contribution in [0, 0.1) is 5.92 Å². The van der Waals surface area contributed by atoms with E-state index in [1.807, 2.05) is 13.8 Å². The molecule has 10 heteroatoms. The van der Waals surface area contributed by atoms with Crippen molar-refractivity contribution in [3.05, 3.63) is 27.2 Å². The summed E-state index contributed by atoms with van der Waals surface area (Å²) in [4.78, 5) is 52.6. The SMILES string of the molecule is COC(=O)[C@@H](CC(C)C)NC(=O)Cn1cnc2c1c(=O)n(C)c(=O)n2C. The van der Waals surface area contributed by atoms with E-state index in [2.05, 4.69) is 10.3 Å². The molecule has 0 aliphatic heterocycles. The van der Waals surface area contributed by atoms with Gasteiger partial charge in [0.1, 0.15) is 12.6 Å². The third-order valence-corrected chi connectivity index (χ3v) is 4.06. The van der Waals surface area contributed by atoms with Gasteiger partial charge in [0.25, 0.3) is 5.56 Å². The largest absolute Gasteiger partial charge is 0.467 e. The van der Waals surface area contributed by atoms with Crippen LogP contribution in [0.1, 0.15) is 20.3 Å². The second-order valence-corrected chi connectivity index (χ2v) is 6.52. The number of rotatable bonds is 6. The number of fused-ring (bicyclic) bond motifs is 1. The fourth-order valence-electron chi connectivity index (χ4n) is 2.74. The number of esters is 1. The normalized spacial score (nSPS) is 12.4. The summed E-state index contributed by atoms with van der Waals surface area (Å²) in [5.74, 6) is -0.813. The number of nitrogens with one attached hydrogen (secondary N) is 1. The maximum Gasteiger partial charge on any atom is 0.332 e. The molecule has 1 amide bonds. The number of nitrogens with zero attached hydrogens (tertiary/aromatic N) is 4. The van der Waals surface area contributed by atoms with Crippen LogP contribution in [0.4, 0.5) is 0 Å². The number of aromatic nitrogens is 4. The highest BCUT2D eigenvalue weighted by Crippen LogP contribution is 2.08. The van der Waals surface area contributed by atoms with Crippen LogP contribution in [0.3, 0.4) is 0 Å². The van der Waals surface area contributed by atoms with Crippen LogP contribution in [0.15, 0.2) is 15.9 Å². The molecule has 10 nitrogen and oxygen atoms in total. The first kappa shape index (κ1) is 19.4. The maximum atomic E-state index is 12.4. The summed E-state index contributed by atoms with van der Waals surface area (Å²) in [6.45, 7) is 3.64. The van der Waals surface area contributed by atoms with Crippen molar-refractivity contribution in [3.63, 3.8) is 0 Å². The molecule has 2 heterocycles. The number of hydrogen-bond acceptors (Lipinski definition) is 6. The van der Waals surface area contributed by atoms with Gasteiger partial charge in [-0.3, -0.25) is 18.7 Å². The number of amides is 1. The highest BCUT2D eigenvalue weighted by atomic mass is 16.5. The van der Waals surface area contributed by atoms with Crippen molar-refractivity contribution in [2.75, 3.05) is 7.11 Å². The van der Waals surface area contributed by atoms with Crippen molar-refractivity contribution in [3.8, 4) is 0 Å². The zero-order valence-electron chi connectivity index (χ0n) is 15.5. The van der Waals surface area contributed by atoms with Crippen molar-refractivity contribution in [2.24, 2.45) is 20.0 Å². The van der Waals surface area contributed by atoms with E-state index < -0.39 is 29.2 Å². The van der Waals surface area contributed by atoms with Gasteiger partial charge in [-0.1, -0.05) is 13.8 Å². The predicted octanol–water partition coefficient (Wildman–Crippen LogP) is -0.862. The molecule has 0 radical (unpaired) electrons. The fraction of sp³-hybridized carbons (Fsp3) is 0.562. The van der Waals surface area contributed by atoms with Gasteiger partial charge in [-0.2, -0.15) is 0 Å². The molecule has 0 aromatic carbocycles. The monoisotopic (exact) mass is 365 g/mol. The number of hydrogen-bond donors (Lipinski definition) is 1. The number of carbonyl (C=O) groups is 2. The Morgan fingerprint density at radius 3 is 2.46 bits per heavy atom. The van der Waals surface area contributed by atoms with Crippen LogP contribution in [-0.2, 0) is 35.0 Å². The van der Waals surface area contributed by atoms with Gasteiger partial charge in [-0.15, -0.1) is 0 Å². The Kier molecular flexibility index (Phi) is 5.63. The lowest BCUT2D eigenvalue weighted by atomic mass is 10.0. The summed E-state index contributed by atoms with van der Waals surface area (Å²) in [6, 6.07) is -0.769. The Hall–Kier alpha value is -2.91. The van der Waals surface area contributed by atoms with E-state index in [1.54, 1.807) is 0 Å². The highest BCUT2D eigenvalue weighted by molar-refractivity contribution is 5.85. The van der Waals surface area contributed by atoms with E-state index in [9.17, 15) is 19.2 Å². The average Bonchev–Trinajstić information content (AvgIpc) is 2.99. The van der Waals surface area contributed by atoms with Crippen LogP contribution >= 0.6 is 0 Å².